The van der Waals surface area contributed by atoms with E-state index in [1.54, 1.807) is 12.1 Å². The predicted octanol–water partition coefficient (Wildman–Crippen LogP) is 2.40. The Balaban J connectivity index is 3.12. The lowest BCUT2D eigenvalue weighted by atomic mass is 10.2. The Morgan fingerprint density at radius 1 is 1.55 bits per heavy atom. The molecule has 0 saturated carbocycles. The summed E-state index contributed by atoms with van der Waals surface area (Å²) in [5, 5.41) is 4.06. The second kappa shape index (κ2) is 3.74. The van der Waals surface area contributed by atoms with Crippen LogP contribution in [0.2, 0.25) is 5.02 Å². The zero-order valence-electron chi connectivity index (χ0n) is 5.59. The number of hydrogen-bond donors (Lipinski definition) is 1. The number of nitrogens with zero attached hydrogens (tertiary/aromatic N) is 1. The van der Waals surface area contributed by atoms with Crippen LogP contribution in [0.5, 0.6) is 0 Å². The molecule has 0 amide bonds. The van der Waals surface area contributed by atoms with E-state index in [0.717, 1.165) is 10.0 Å². The van der Waals surface area contributed by atoms with Crippen LogP contribution in [0.15, 0.2) is 27.8 Å². The van der Waals surface area contributed by atoms with Crippen LogP contribution < -0.4 is 5.84 Å². The molecule has 1 aromatic carbocycles. The van der Waals surface area contributed by atoms with Crippen molar-refractivity contribution in [2.75, 3.05) is 0 Å². The maximum atomic E-state index is 5.73. The summed E-state index contributed by atoms with van der Waals surface area (Å²) >= 11 is 9.06. The molecular weight excluding hydrogens is 227 g/mol. The van der Waals surface area contributed by atoms with Crippen molar-refractivity contribution < 1.29 is 0 Å². The van der Waals surface area contributed by atoms with Gasteiger partial charge in [-0.05, 0) is 18.2 Å². The van der Waals surface area contributed by atoms with Crippen LogP contribution in [-0.4, -0.2) is 6.21 Å². The van der Waals surface area contributed by atoms with Gasteiger partial charge in [-0.25, -0.2) is 0 Å². The molecule has 0 saturated heterocycles. The Labute approximate surface area is 78.2 Å². The molecule has 0 radical (unpaired) electrons. The number of nitrogens with two attached hydrogens (primary N) is 1. The Morgan fingerprint density at radius 2 is 2.27 bits per heavy atom. The van der Waals surface area contributed by atoms with Crippen molar-refractivity contribution in [3.8, 4) is 0 Å². The zero-order chi connectivity index (χ0) is 8.27. The molecule has 0 fully saturated rings. The van der Waals surface area contributed by atoms with E-state index < -0.39 is 0 Å². The Morgan fingerprint density at radius 3 is 2.91 bits per heavy atom. The maximum Gasteiger partial charge on any atom is 0.0549 e. The van der Waals surface area contributed by atoms with E-state index in [2.05, 4.69) is 21.0 Å². The van der Waals surface area contributed by atoms with Gasteiger partial charge in [0.25, 0.3) is 0 Å². The van der Waals surface area contributed by atoms with Crippen LogP contribution >= 0.6 is 27.5 Å². The van der Waals surface area contributed by atoms with Crippen LogP contribution in [0.3, 0.4) is 0 Å². The van der Waals surface area contributed by atoms with E-state index in [9.17, 15) is 0 Å². The van der Waals surface area contributed by atoms with Crippen molar-refractivity contribution in [3.05, 3.63) is 33.3 Å². The van der Waals surface area contributed by atoms with Gasteiger partial charge in [0, 0.05) is 15.1 Å². The SMILES string of the molecule is NN=Cc1cc(Cl)ccc1Br. The molecule has 11 heavy (non-hydrogen) atoms. The minimum atomic E-state index is 0.670. The molecule has 1 aromatic rings. The highest BCUT2D eigenvalue weighted by Gasteiger charge is 1.96. The van der Waals surface area contributed by atoms with Gasteiger partial charge in [-0.3, -0.25) is 0 Å². The van der Waals surface area contributed by atoms with Gasteiger partial charge in [-0.15, -0.1) is 0 Å². The average Bonchev–Trinajstić information content (AvgIpc) is 1.98. The van der Waals surface area contributed by atoms with Crippen molar-refractivity contribution >= 4 is 33.7 Å². The monoisotopic (exact) mass is 232 g/mol. The molecule has 0 aliphatic rings. The molecule has 2 nitrogen and oxygen atoms in total. The Kier molecular flexibility index (Phi) is 2.91. The summed E-state index contributed by atoms with van der Waals surface area (Å²) in [5.74, 6) is 4.99. The second-order valence-corrected chi connectivity index (χ2v) is 3.23. The Hall–Kier alpha value is -0.540. The lowest BCUT2D eigenvalue weighted by Crippen LogP contribution is -1.87. The maximum absolute atomic E-state index is 5.73. The second-order valence-electron chi connectivity index (χ2n) is 1.94. The average molecular weight is 233 g/mol. The third-order valence-corrected chi connectivity index (χ3v) is 2.13. The van der Waals surface area contributed by atoms with Crippen molar-refractivity contribution in [3.63, 3.8) is 0 Å². The van der Waals surface area contributed by atoms with Crippen LogP contribution in [0.25, 0.3) is 0 Å². The molecule has 0 heterocycles. The summed E-state index contributed by atoms with van der Waals surface area (Å²) in [6, 6.07) is 5.42. The Bertz CT molecular complexity index is 286. The predicted molar refractivity (Wildman–Crippen MR) is 50.9 cm³/mol. The first-order valence-corrected chi connectivity index (χ1v) is 4.09. The summed E-state index contributed by atoms with van der Waals surface area (Å²) in [6.07, 6.45) is 1.54. The molecule has 0 aliphatic carbocycles. The number of hydrazone groups is 1. The highest BCUT2D eigenvalue weighted by Crippen LogP contribution is 2.19. The molecule has 4 heteroatoms. The molecule has 0 aliphatic heterocycles. The van der Waals surface area contributed by atoms with Gasteiger partial charge in [-0.2, -0.15) is 5.10 Å². The smallest absolute Gasteiger partial charge is 0.0549 e. The first kappa shape index (κ1) is 8.56. The number of rotatable bonds is 1. The van der Waals surface area contributed by atoms with Crippen LogP contribution in [0.1, 0.15) is 5.56 Å². The zero-order valence-corrected chi connectivity index (χ0v) is 7.93. The quantitative estimate of drug-likeness (QED) is 0.451. The molecule has 0 aromatic heterocycles. The largest absolute Gasteiger partial charge is 0.323 e. The molecule has 2 N–H and O–H groups in total. The number of benzene rings is 1. The van der Waals surface area contributed by atoms with E-state index in [-0.39, 0.29) is 0 Å². The molecular formula is C7H6BrClN2. The van der Waals surface area contributed by atoms with Crippen molar-refractivity contribution in [1.29, 1.82) is 0 Å². The van der Waals surface area contributed by atoms with Gasteiger partial charge in [0.05, 0.1) is 6.21 Å². The van der Waals surface area contributed by atoms with Crippen LogP contribution in [0.4, 0.5) is 0 Å². The van der Waals surface area contributed by atoms with E-state index in [1.807, 2.05) is 6.07 Å². The summed E-state index contributed by atoms with van der Waals surface area (Å²) in [6.45, 7) is 0. The topological polar surface area (TPSA) is 38.4 Å². The van der Waals surface area contributed by atoms with Crippen molar-refractivity contribution in [2.24, 2.45) is 10.9 Å². The number of hydrogen-bond acceptors (Lipinski definition) is 2. The lowest BCUT2D eigenvalue weighted by molar-refractivity contribution is 1.26. The van der Waals surface area contributed by atoms with Crippen LogP contribution in [0, 0.1) is 0 Å². The molecule has 58 valence electrons. The highest BCUT2D eigenvalue weighted by molar-refractivity contribution is 9.10. The van der Waals surface area contributed by atoms with Gasteiger partial charge >= 0.3 is 0 Å². The first-order valence-electron chi connectivity index (χ1n) is 2.92. The van der Waals surface area contributed by atoms with E-state index >= 15 is 0 Å². The standard InChI is InChI=1S/C7H6BrClN2/c8-7-2-1-6(9)3-5(7)4-11-10/h1-4H,10H2. The lowest BCUT2D eigenvalue weighted by Gasteiger charge is -1.96. The highest BCUT2D eigenvalue weighted by atomic mass is 79.9. The fourth-order valence-corrected chi connectivity index (χ4v) is 1.22. The van der Waals surface area contributed by atoms with E-state index in [0.29, 0.717) is 5.02 Å². The van der Waals surface area contributed by atoms with Crippen molar-refractivity contribution in [2.45, 2.75) is 0 Å². The summed E-state index contributed by atoms with van der Waals surface area (Å²) in [4.78, 5) is 0. The first-order chi connectivity index (χ1) is 5.24. The fourth-order valence-electron chi connectivity index (χ4n) is 0.694. The molecule has 0 unspecified atom stereocenters. The summed E-state index contributed by atoms with van der Waals surface area (Å²) in [7, 11) is 0. The molecule has 0 bridgehead atoms. The third-order valence-electron chi connectivity index (χ3n) is 1.17. The minimum absolute atomic E-state index is 0.670. The van der Waals surface area contributed by atoms with E-state index in [1.165, 1.54) is 6.21 Å². The summed E-state index contributed by atoms with van der Waals surface area (Å²) in [5.41, 5.74) is 0.875. The minimum Gasteiger partial charge on any atom is -0.323 e. The van der Waals surface area contributed by atoms with Gasteiger partial charge < -0.3 is 5.84 Å². The normalized spacial score (nSPS) is 10.7. The van der Waals surface area contributed by atoms with Gasteiger partial charge in [0.2, 0.25) is 0 Å². The third kappa shape index (κ3) is 2.20. The molecule has 1 rings (SSSR count). The van der Waals surface area contributed by atoms with Gasteiger partial charge in [0.15, 0.2) is 0 Å². The van der Waals surface area contributed by atoms with Crippen molar-refractivity contribution in [1.82, 2.24) is 0 Å². The van der Waals surface area contributed by atoms with Crippen LogP contribution in [-0.2, 0) is 0 Å². The van der Waals surface area contributed by atoms with Gasteiger partial charge in [0.1, 0.15) is 0 Å². The number of halogens is 2. The molecule has 0 spiro atoms. The fraction of sp³-hybridized carbons (Fsp3) is 0. The summed E-state index contributed by atoms with van der Waals surface area (Å²) < 4.78 is 0.927. The molecule has 0 atom stereocenters. The van der Waals surface area contributed by atoms with E-state index in [4.69, 9.17) is 17.4 Å². The van der Waals surface area contributed by atoms with Gasteiger partial charge in [-0.1, -0.05) is 27.5 Å².